The number of rotatable bonds is 4. The van der Waals surface area contributed by atoms with Crippen molar-refractivity contribution in [2.45, 2.75) is 57.6 Å². The van der Waals surface area contributed by atoms with Gasteiger partial charge in [0.2, 0.25) is 5.89 Å². The first-order valence-corrected chi connectivity index (χ1v) is 8.25. The second kappa shape index (κ2) is 6.75. The van der Waals surface area contributed by atoms with E-state index in [-0.39, 0.29) is 6.10 Å². The van der Waals surface area contributed by atoms with Gasteiger partial charge in [0.1, 0.15) is 0 Å². The van der Waals surface area contributed by atoms with Crippen molar-refractivity contribution in [2.24, 2.45) is 0 Å². The molecule has 6 heteroatoms. The smallest absolute Gasteiger partial charge is 0.318 e. The van der Waals surface area contributed by atoms with Gasteiger partial charge in [-0.1, -0.05) is 12.0 Å². The van der Waals surface area contributed by atoms with E-state index >= 15 is 0 Å². The van der Waals surface area contributed by atoms with Crippen LogP contribution in [0.1, 0.15) is 44.9 Å². The predicted molar refractivity (Wildman–Crippen MR) is 80.3 cm³/mol. The highest BCUT2D eigenvalue weighted by Crippen LogP contribution is 2.24. The van der Waals surface area contributed by atoms with Gasteiger partial charge in [-0.3, -0.25) is 4.90 Å². The highest BCUT2D eigenvalue weighted by atomic mass is 16.4. The maximum Gasteiger partial charge on any atom is 0.318 e. The highest BCUT2D eigenvalue weighted by molar-refractivity contribution is 5.25. The van der Waals surface area contributed by atoms with Crippen molar-refractivity contribution in [3.05, 3.63) is 5.89 Å². The van der Waals surface area contributed by atoms with E-state index in [1.54, 1.807) is 0 Å². The molecular weight excluding hydrogens is 268 g/mol. The Morgan fingerprint density at radius 1 is 1.19 bits per heavy atom. The Balaban J connectivity index is 1.52. The van der Waals surface area contributed by atoms with Crippen molar-refractivity contribution in [1.82, 2.24) is 15.1 Å². The molecule has 0 amide bonds. The van der Waals surface area contributed by atoms with Crippen molar-refractivity contribution >= 4 is 6.01 Å². The minimum absolute atomic E-state index is 0.135. The van der Waals surface area contributed by atoms with Gasteiger partial charge in [0.15, 0.2) is 0 Å². The number of β-amino-alcohol motifs (C(OH)–C–C–N with tert-alkyl or cyclic N) is 1. The molecule has 1 aromatic rings. The maximum absolute atomic E-state index is 9.81. The lowest BCUT2D eigenvalue weighted by molar-refractivity contribution is 0.0396. The van der Waals surface area contributed by atoms with Crippen LogP contribution in [0, 0.1) is 0 Å². The summed E-state index contributed by atoms with van der Waals surface area (Å²) in [6.45, 7) is 6.01. The summed E-state index contributed by atoms with van der Waals surface area (Å²) in [5.41, 5.74) is 0. The van der Waals surface area contributed by atoms with Gasteiger partial charge in [0, 0.05) is 32.1 Å². The summed E-state index contributed by atoms with van der Waals surface area (Å²) in [6, 6.07) is 1.27. The number of nitrogens with zero attached hydrogens (tertiary/aromatic N) is 4. The van der Waals surface area contributed by atoms with E-state index in [0.29, 0.717) is 12.1 Å². The minimum atomic E-state index is -0.135. The van der Waals surface area contributed by atoms with Crippen LogP contribution in [-0.2, 0) is 6.42 Å². The molecule has 0 spiro atoms. The zero-order valence-electron chi connectivity index (χ0n) is 12.9. The van der Waals surface area contributed by atoms with E-state index in [0.717, 1.165) is 70.6 Å². The average molecular weight is 294 g/mol. The molecule has 2 saturated heterocycles. The first kappa shape index (κ1) is 14.8. The number of anilines is 1. The Kier molecular flexibility index (Phi) is 4.75. The molecule has 1 atom stereocenters. The van der Waals surface area contributed by atoms with Crippen LogP contribution in [0.15, 0.2) is 4.42 Å². The highest BCUT2D eigenvalue weighted by Gasteiger charge is 2.29. The largest absolute Gasteiger partial charge is 0.408 e. The van der Waals surface area contributed by atoms with Gasteiger partial charge >= 0.3 is 6.01 Å². The molecule has 2 fully saturated rings. The average Bonchev–Trinajstić information content (AvgIpc) is 2.97. The molecule has 3 rings (SSSR count). The van der Waals surface area contributed by atoms with E-state index in [9.17, 15) is 5.11 Å². The zero-order valence-corrected chi connectivity index (χ0v) is 12.9. The summed E-state index contributed by atoms with van der Waals surface area (Å²) >= 11 is 0. The number of aromatic nitrogens is 2. The molecule has 1 aromatic heterocycles. The molecule has 1 unspecified atom stereocenters. The van der Waals surface area contributed by atoms with E-state index in [1.165, 1.54) is 0 Å². The molecule has 21 heavy (non-hydrogen) atoms. The molecule has 0 bridgehead atoms. The van der Waals surface area contributed by atoms with E-state index in [2.05, 4.69) is 26.9 Å². The summed E-state index contributed by atoms with van der Waals surface area (Å²) in [6.07, 6.45) is 6.04. The topological polar surface area (TPSA) is 65.6 Å². The van der Waals surface area contributed by atoms with Crippen LogP contribution in [0.4, 0.5) is 6.01 Å². The van der Waals surface area contributed by atoms with Crippen molar-refractivity contribution in [3.8, 4) is 0 Å². The molecule has 6 nitrogen and oxygen atoms in total. The van der Waals surface area contributed by atoms with E-state index in [1.807, 2.05) is 0 Å². The maximum atomic E-state index is 9.81. The molecule has 2 aliphatic rings. The summed E-state index contributed by atoms with van der Waals surface area (Å²) in [4.78, 5) is 4.66. The molecule has 2 aliphatic heterocycles. The standard InChI is InChI=1S/C15H26N4O2/c1-2-4-14-16-17-15(21-14)18-9-6-12(7-10-18)19-8-3-5-13(20)11-19/h12-13,20H,2-11H2,1H3. The number of aliphatic hydroxyl groups is 1. The van der Waals surface area contributed by atoms with Crippen molar-refractivity contribution in [3.63, 3.8) is 0 Å². The van der Waals surface area contributed by atoms with Crippen LogP contribution >= 0.6 is 0 Å². The van der Waals surface area contributed by atoms with Gasteiger partial charge in [0.05, 0.1) is 6.10 Å². The zero-order chi connectivity index (χ0) is 14.7. The third kappa shape index (κ3) is 3.55. The number of hydrogen-bond donors (Lipinski definition) is 1. The predicted octanol–water partition coefficient (Wildman–Crippen LogP) is 1.45. The van der Waals surface area contributed by atoms with E-state index in [4.69, 9.17) is 4.42 Å². The number of aliphatic hydroxyl groups excluding tert-OH is 1. The van der Waals surface area contributed by atoms with Crippen LogP contribution in [0.3, 0.4) is 0 Å². The summed E-state index contributed by atoms with van der Waals surface area (Å²) < 4.78 is 5.71. The SMILES string of the molecule is CCCc1nnc(N2CCC(N3CCCC(O)C3)CC2)o1. The number of aryl methyl sites for hydroxylation is 1. The minimum Gasteiger partial charge on any atom is -0.408 e. The molecule has 118 valence electrons. The second-order valence-electron chi connectivity index (χ2n) is 6.24. The summed E-state index contributed by atoms with van der Waals surface area (Å²) in [5, 5.41) is 18.1. The van der Waals surface area contributed by atoms with Crippen LogP contribution in [0.25, 0.3) is 0 Å². The fourth-order valence-electron chi connectivity index (χ4n) is 3.42. The second-order valence-corrected chi connectivity index (χ2v) is 6.24. The molecule has 1 N–H and O–H groups in total. The Bertz CT molecular complexity index is 443. The van der Waals surface area contributed by atoms with Crippen molar-refractivity contribution in [2.75, 3.05) is 31.1 Å². The Labute approximate surface area is 126 Å². The van der Waals surface area contributed by atoms with Gasteiger partial charge in [0.25, 0.3) is 0 Å². The summed E-state index contributed by atoms with van der Waals surface area (Å²) in [7, 11) is 0. The van der Waals surface area contributed by atoms with Gasteiger partial charge < -0.3 is 14.4 Å². The third-order valence-corrected chi connectivity index (χ3v) is 4.60. The van der Waals surface area contributed by atoms with Crippen LogP contribution in [0.2, 0.25) is 0 Å². The number of piperidine rings is 2. The Hall–Kier alpha value is -1.14. The lowest BCUT2D eigenvalue weighted by Gasteiger charge is -2.40. The Morgan fingerprint density at radius 2 is 2.00 bits per heavy atom. The first-order chi connectivity index (χ1) is 10.3. The number of likely N-dealkylation sites (tertiary alicyclic amines) is 1. The molecule has 0 radical (unpaired) electrons. The van der Waals surface area contributed by atoms with Gasteiger partial charge in [-0.15, -0.1) is 5.10 Å². The molecular formula is C15H26N4O2. The number of hydrogen-bond acceptors (Lipinski definition) is 6. The molecule has 0 aromatic carbocycles. The van der Waals surface area contributed by atoms with Gasteiger partial charge in [-0.25, -0.2) is 0 Å². The normalized spacial score (nSPS) is 25.4. The lowest BCUT2D eigenvalue weighted by Crippen LogP contribution is -2.49. The molecule has 3 heterocycles. The van der Waals surface area contributed by atoms with E-state index < -0.39 is 0 Å². The Morgan fingerprint density at radius 3 is 2.71 bits per heavy atom. The third-order valence-electron chi connectivity index (χ3n) is 4.60. The molecule has 0 saturated carbocycles. The monoisotopic (exact) mass is 294 g/mol. The quantitative estimate of drug-likeness (QED) is 0.906. The van der Waals surface area contributed by atoms with Crippen molar-refractivity contribution < 1.29 is 9.52 Å². The van der Waals surface area contributed by atoms with Gasteiger partial charge in [-0.2, -0.15) is 0 Å². The lowest BCUT2D eigenvalue weighted by atomic mass is 9.99. The van der Waals surface area contributed by atoms with Crippen LogP contribution < -0.4 is 4.90 Å². The fraction of sp³-hybridized carbons (Fsp3) is 0.867. The van der Waals surface area contributed by atoms with Gasteiger partial charge in [-0.05, 0) is 38.6 Å². The summed E-state index contributed by atoms with van der Waals surface area (Å²) in [5.74, 6) is 0.744. The van der Waals surface area contributed by atoms with Crippen molar-refractivity contribution in [1.29, 1.82) is 0 Å². The fourth-order valence-corrected chi connectivity index (χ4v) is 3.42. The first-order valence-electron chi connectivity index (χ1n) is 8.25. The van der Waals surface area contributed by atoms with Crippen LogP contribution in [0.5, 0.6) is 0 Å². The molecule has 0 aliphatic carbocycles. The van der Waals surface area contributed by atoms with Crippen LogP contribution in [-0.4, -0.2) is 58.5 Å².